The first-order chi connectivity index (χ1) is 19.5. The van der Waals surface area contributed by atoms with Crippen LogP contribution in [0.4, 0.5) is 5.69 Å². The molecule has 0 spiro atoms. The van der Waals surface area contributed by atoms with Gasteiger partial charge in [-0.3, -0.25) is 13.9 Å². The summed E-state index contributed by atoms with van der Waals surface area (Å²) < 4.78 is 26.8. The number of amides is 2. The Labute approximate surface area is 256 Å². The Morgan fingerprint density at radius 3 is 2.15 bits per heavy atom. The second-order valence-corrected chi connectivity index (χ2v) is 13.4. The first-order valence-electron chi connectivity index (χ1n) is 13.3. The summed E-state index contributed by atoms with van der Waals surface area (Å²) in [4.78, 5) is 29.4. The number of sulfonamides is 1. The average molecular weight is 637 g/mol. The fourth-order valence-electron chi connectivity index (χ4n) is 4.99. The van der Waals surface area contributed by atoms with Crippen molar-refractivity contribution < 1.29 is 18.0 Å². The highest BCUT2D eigenvalue weighted by Crippen LogP contribution is 2.31. The van der Waals surface area contributed by atoms with Crippen LogP contribution in [0.15, 0.2) is 72.8 Å². The minimum Gasteiger partial charge on any atom is -0.352 e. The molecule has 1 aliphatic rings. The molecule has 0 radical (unpaired) electrons. The van der Waals surface area contributed by atoms with Crippen molar-refractivity contribution in [2.75, 3.05) is 17.1 Å². The Hall–Kier alpha value is -2.78. The molecule has 1 atom stereocenters. The molecule has 7 nitrogen and oxygen atoms in total. The van der Waals surface area contributed by atoms with E-state index in [1.807, 2.05) is 30.3 Å². The van der Waals surface area contributed by atoms with Crippen molar-refractivity contribution in [2.45, 2.75) is 50.7 Å². The topological polar surface area (TPSA) is 86.8 Å². The summed E-state index contributed by atoms with van der Waals surface area (Å²) in [7, 11) is -3.94. The zero-order chi connectivity index (χ0) is 29.6. The van der Waals surface area contributed by atoms with E-state index in [9.17, 15) is 18.0 Å². The minimum absolute atomic E-state index is 0.0358. The number of carbonyl (C=O) groups is 2. The van der Waals surface area contributed by atoms with Gasteiger partial charge < -0.3 is 10.2 Å². The lowest BCUT2D eigenvalue weighted by atomic mass is 10.0. The highest BCUT2D eigenvalue weighted by molar-refractivity contribution is 7.92. The fourth-order valence-corrected chi connectivity index (χ4v) is 6.53. The van der Waals surface area contributed by atoms with Crippen molar-refractivity contribution >= 4 is 62.3 Å². The third-order valence-electron chi connectivity index (χ3n) is 7.10. The van der Waals surface area contributed by atoms with Crippen LogP contribution < -0.4 is 9.62 Å². The lowest BCUT2D eigenvalue weighted by Crippen LogP contribution is -2.54. The Bertz CT molecular complexity index is 1460. The number of anilines is 1. The summed E-state index contributed by atoms with van der Waals surface area (Å²) in [6.45, 7) is -0.493. The summed E-state index contributed by atoms with van der Waals surface area (Å²) in [5.74, 6) is -0.836. The Morgan fingerprint density at radius 2 is 1.54 bits per heavy atom. The van der Waals surface area contributed by atoms with E-state index < -0.39 is 28.5 Å². The molecule has 0 heterocycles. The smallest absolute Gasteiger partial charge is 0.244 e. The van der Waals surface area contributed by atoms with Crippen molar-refractivity contribution in [2.24, 2.45) is 0 Å². The summed E-state index contributed by atoms with van der Waals surface area (Å²) in [5.41, 5.74) is 1.73. The van der Waals surface area contributed by atoms with Crippen molar-refractivity contribution in [3.05, 3.63) is 99.0 Å². The molecule has 1 N–H and O–H groups in total. The van der Waals surface area contributed by atoms with E-state index in [0.29, 0.717) is 10.0 Å². The molecule has 0 bridgehead atoms. The summed E-state index contributed by atoms with van der Waals surface area (Å²) >= 11 is 18.5. The molecular formula is C30H32Cl3N3O4S. The molecule has 2 amide bonds. The maximum absolute atomic E-state index is 14.1. The molecule has 218 valence electrons. The van der Waals surface area contributed by atoms with E-state index in [0.717, 1.165) is 47.4 Å². The molecule has 0 unspecified atom stereocenters. The zero-order valence-corrected chi connectivity index (χ0v) is 25.7. The first-order valence-corrected chi connectivity index (χ1v) is 16.3. The van der Waals surface area contributed by atoms with Crippen LogP contribution in [0.25, 0.3) is 0 Å². The van der Waals surface area contributed by atoms with E-state index in [1.54, 1.807) is 24.3 Å². The summed E-state index contributed by atoms with van der Waals surface area (Å²) in [6.07, 6.45) is 5.08. The van der Waals surface area contributed by atoms with Gasteiger partial charge in [0.05, 0.1) is 17.0 Å². The van der Waals surface area contributed by atoms with Crippen LogP contribution in [0.1, 0.15) is 36.8 Å². The number of nitrogens with one attached hydrogen (secondary N) is 1. The second-order valence-electron chi connectivity index (χ2n) is 10.2. The first kappa shape index (κ1) is 31.2. The lowest BCUT2D eigenvalue weighted by Gasteiger charge is -2.34. The van der Waals surface area contributed by atoms with E-state index >= 15 is 0 Å². The van der Waals surface area contributed by atoms with Crippen LogP contribution in [-0.2, 0) is 32.6 Å². The van der Waals surface area contributed by atoms with Crippen LogP contribution in [-0.4, -0.2) is 50.0 Å². The van der Waals surface area contributed by atoms with Crippen LogP contribution in [0.2, 0.25) is 15.1 Å². The van der Waals surface area contributed by atoms with Gasteiger partial charge >= 0.3 is 0 Å². The van der Waals surface area contributed by atoms with E-state index in [-0.39, 0.29) is 35.6 Å². The molecule has 41 heavy (non-hydrogen) atoms. The maximum atomic E-state index is 14.1. The van der Waals surface area contributed by atoms with Crippen molar-refractivity contribution in [1.82, 2.24) is 10.2 Å². The van der Waals surface area contributed by atoms with Crippen molar-refractivity contribution in [3.63, 3.8) is 0 Å². The van der Waals surface area contributed by atoms with Gasteiger partial charge in [0.15, 0.2) is 0 Å². The van der Waals surface area contributed by atoms with Crippen LogP contribution >= 0.6 is 34.8 Å². The Balaban J connectivity index is 1.73. The number of nitrogens with zero attached hydrogens (tertiary/aromatic N) is 2. The standard InChI is InChI=1S/C30H32Cl3N3O4S/c1-41(39,40)36(27-16-15-24(32)18-26(27)33)20-29(37)35(19-22-11-13-23(31)14-12-22)28(17-21-7-3-2-4-8-21)30(38)34-25-9-5-6-10-25/h2-4,7-8,11-16,18,25,28H,5-6,9-10,17,19-20H2,1H3,(H,34,38)/t28-/m0/s1. The number of rotatable bonds is 11. The molecule has 11 heteroatoms. The fraction of sp³-hybridized carbons (Fsp3) is 0.333. The van der Waals surface area contributed by atoms with Crippen molar-refractivity contribution in [1.29, 1.82) is 0 Å². The van der Waals surface area contributed by atoms with Gasteiger partial charge in [-0.1, -0.05) is 90.1 Å². The van der Waals surface area contributed by atoms with Gasteiger partial charge in [0.2, 0.25) is 21.8 Å². The quantitative estimate of drug-likeness (QED) is 0.275. The SMILES string of the molecule is CS(=O)(=O)N(CC(=O)N(Cc1ccc(Cl)cc1)[C@@H](Cc1ccccc1)C(=O)NC1CCCC1)c1ccc(Cl)cc1Cl. The third kappa shape index (κ3) is 8.61. The van der Waals surface area contributed by atoms with E-state index in [1.165, 1.54) is 23.1 Å². The molecule has 3 aromatic carbocycles. The molecule has 1 aliphatic carbocycles. The highest BCUT2D eigenvalue weighted by Gasteiger charge is 2.34. The van der Waals surface area contributed by atoms with Crippen LogP contribution in [0.5, 0.6) is 0 Å². The van der Waals surface area contributed by atoms with Gasteiger partial charge in [0.25, 0.3) is 0 Å². The largest absolute Gasteiger partial charge is 0.352 e. The molecular weight excluding hydrogens is 605 g/mol. The predicted octanol–water partition coefficient (Wildman–Crippen LogP) is 6.11. The minimum atomic E-state index is -3.94. The van der Waals surface area contributed by atoms with Crippen molar-refractivity contribution in [3.8, 4) is 0 Å². The molecule has 4 rings (SSSR count). The third-order valence-corrected chi connectivity index (χ3v) is 9.01. The number of hydrogen-bond acceptors (Lipinski definition) is 4. The molecule has 3 aromatic rings. The van der Waals surface area contributed by atoms with Gasteiger partial charge in [0.1, 0.15) is 12.6 Å². The normalized spacial score (nSPS) is 14.4. The molecule has 1 saturated carbocycles. The number of hydrogen-bond donors (Lipinski definition) is 1. The predicted molar refractivity (Wildman–Crippen MR) is 165 cm³/mol. The Kier molecular flexibility index (Phi) is 10.6. The van der Waals surface area contributed by atoms with Gasteiger partial charge in [-0.05, 0) is 54.3 Å². The lowest BCUT2D eigenvalue weighted by molar-refractivity contribution is -0.140. The summed E-state index contributed by atoms with van der Waals surface area (Å²) in [5, 5.41) is 4.08. The number of halogens is 3. The van der Waals surface area contributed by atoms with Gasteiger partial charge in [-0.25, -0.2) is 8.42 Å². The van der Waals surface area contributed by atoms with E-state index in [2.05, 4.69) is 5.32 Å². The number of carbonyl (C=O) groups excluding carboxylic acids is 2. The molecule has 1 fully saturated rings. The monoisotopic (exact) mass is 635 g/mol. The van der Waals surface area contributed by atoms with Gasteiger partial charge in [0, 0.05) is 29.1 Å². The highest BCUT2D eigenvalue weighted by atomic mass is 35.5. The van der Waals surface area contributed by atoms with Gasteiger partial charge in [-0.2, -0.15) is 0 Å². The van der Waals surface area contributed by atoms with Crippen LogP contribution in [0, 0.1) is 0 Å². The molecule has 0 aromatic heterocycles. The van der Waals surface area contributed by atoms with E-state index in [4.69, 9.17) is 34.8 Å². The summed E-state index contributed by atoms with van der Waals surface area (Å²) in [6, 6.07) is 19.9. The maximum Gasteiger partial charge on any atom is 0.244 e. The number of benzene rings is 3. The zero-order valence-electron chi connectivity index (χ0n) is 22.6. The molecule has 0 aliphatic heterocycles. The Morgan fingerprint density at radius 1 is 0.902 bits per heavy atom. The van der Waals surface area contributed by atoms with Crippen LogP contribution in [0.3, 0.4) is 0 Å². The van der Waals surface area contributed by atoms with Gasteiger partial charge in [-0.15, -0.1) is 0 Å². The average Bonchev–Trinajstić information content (AvgIpc) is 3.43. The second kappa shape index (κ2) is 13.9. The molecule has 0 saturated heterocycles.